The second kappa shape index (κ2) is 15.6. The molecule has 3 N–H and O–H groups in total. The largest absolute Gasteiger partial charge is 0.494 e. The van der Waals surface area contributed by atoms with Gasteiger partial charge in [-0.2, -0.15) is 0 Å². The number of carbonyl (C=O) groups excluding carboxylic acids is 3. The van der Waals surface area contributed by atoms with Crippen LogP contribution in [0.25, 0.3) is 6.08 Å². The maximum Gasteiger partial charge on any atom is 0.272 e. The number of amides is 3. The molecule has 0 aliphatic carbocycles. The molecule has 0 radical (unpaired) electrons. The van der Waals surface area contributed by atoms with E-state index in [0.29, 0.717) is 30.0 Å². The Morgan fingerprint density at radius 2 is 1.59 bits per heavy atom. The summed E-state index contributed by atoms with van der Waals surface area (Å²) in [4.78, 5) is 40.5. The third kappa shape index (κ3) is 9.09. The lowest BCUT2D eigenvalue weighted by Gasteiger charge is -2.17. The molecule has 0 heterocycles. The van der Waals surface area contributed by atoms with E-state index in [-0.39, 0.29) is 16.9 Å². The summed E-state index contributed by atoms with van der Waals surface area (Å²) in [6.45, 7) is 8.39. The molecule has 0 saturated carbocycles. The first-order chi connectivity index (χ1) is 21.2. The molecule has 4 aromatic rings. The van der Waals surface area contributed by atoms with Crippen molar-refractivity contribution >= 4 is 46.9 Å². The minimum absolute atomic E-state index is 0.0789. The predicted octanol–water partition coefficient (Wildman–Crippen LogP) is 7.62. The predicted molar refractivity (Wildman–Crippen MR) is 179 cm³/mol. The Bertz CT molecular complexity index is 1640. The Labute approximate surface area is 263 Å². The Morgan fingerprint density at radius 3 is 2.30 bits per heavy atom. The molecule has 226 valence electrons. The van der Waals surface area contributed by atoms with Gasteiger partial charge in [0.2, 0.25) is 5.91 Å². The summed E-state index contributed by atoms with van der Waals surface area (Å²) in [7, 11) is 0. The van der Waals surface area contributed by atoms with Gasteiger partial charge in [0.1, 0.15) is 11.4 Å². The van der Waals surface area contributed by atoms with E-state index < -0.39 is 11.8 Å². The molecular weight excluding hydrogens is 570 g/mol. The van der Waals surface area contributed by atoms with E-state index in [0.717, 1.165) is 27.3 Å². The summed E-state index contributed by atoms with van der Waals surface area (Å²) in [6.07, 6.45) is 2.24. The van der Waals surface area contributed by atoms with E-state index in [4.69, 9.17) is 4.74 Å². The number of thioether (sulfide) groups is 1. The van der Waals surface area contributed by atoms with Crippen LogP contribution in [0.1, 0.15) is 47.3 Å². The highest BCUT2D eigenvalue weighted by Gasteiger charge is 2.20. The van der Waals surface area contributed by atoms with Gasteiger partial charge in [0.25, 0.3) is 11.8 Å². The lowest BCUT2D eigenvalue weighted by molar-refractivity contribution is -0.116. The van der Waals surface area contributed by atoms with Crippen molar-refractivity contribution in [3.05, 3.63) is 125 Å². The molecule has 0 spiro atoms. The van der Waals surface area contributed by atoms with Crippen molar-refractivity contribution in [3.63, 3.8) is 0 Å². The van der Waals surface area contributed by atoms with Crippen LogP contribution in [0.5, 0.6) is 5.75 Å². The standard InChI is InChI=1S/C36H37N3O4S/c1-5-33(36(42)38-31-21-24(3)15-16-25(31)4)44-30-14-10-13-28(23-30)37-35(41)32(39-34(40)27-11-8-7-9-12-27)22-26-17-19-29(20-18-26)43-6-2/h7-23,33H,5-6H2,1-4H3,(H,37,41)(H,38,42)(H,39,40)/b32-22+. The molecule has 0 aliphatic heterocycles. The lowest BCUT2D eigenvalue weighted by Crippen LogP contribution is -2.30. The third-order valence-corrected chi connectivity index (χ3v) is 8.07. The van der Waals surface area contributed by atoms with Crippen LogP contribution in [0.15, 0.2) is 108 Å². The number of hydrogen-bond donors (Lipinski definition) is 3. The van der Waals surface area contributed by atoms with Gasteiger partial charge in [-0.15, -0.1) is 11.8 Å². The quantitative estimate of drug-likeness (QED) is 0.114. The Morgan fingerprint density at radius 1 is 0.841 bits per heavy atom. The van der Waals surface area contributed by atoms with Gasteiger partial charge in [-0.3, -0.25) is 14.4 Å². The Hall–Kier alpha value is -4.82. The molecule has 1 atom stereocenters. The van der Waals surface area contributed by atoms with Gasteiger partial charge in [0, 0.05) is 21.8 Å². The number of anilines is 2. The Balaban J connectivity index is 1.51. The van der Waals surface area contributed by atoms with Crippen molar-refractivity contribution in [2.24, 2.45) is 0 Å². The first-order valence-corrected chi connectivity index (χ1v) is 15.4. The van der Waals surface area contributed by atoms with Crippen molar-refractivity contribution in [2.75, 3.05) is 17.2 Å². The van der Waals surface area contributed by atoms with Crippen LogP contribution in [0.3, 0.4) is 0 Å². The van der Waals surface area contributed by atoms with Gasteiger partial charge in [-0.05, 0) is 98.5 Å². The normalized spacial score (nSPS) is 11.8. The number of hydrogen-bond acceptors (Lipinski definition) is 5. The van der Waals surface area contributed by atoms with Crippen LogP contribution in [-0.4, -0.2) is 29.6 Å². The molecule has 0 saturated heterocycles. The summed E-state index contributed by atoms with van der Waals surface area (Å²) in [5.74, 6) is -0.246. The zero-order valence-corrected chi connectivity index (χ0v) is 26.2. The molecule has 8 heteroatoms. The van der Waals surface area contributed by atoms with E-state index in [9.17, 15) is 14.4 Å². The van der Waals surface area contributed by atoms with Gasteiger partial charge in [-0.25, -0.2) is 0 Å². The second-order valence-corrected chi connectivity index (χ2v) is 11.5. The number of carbonyl (C=O) groups is 3. The number of nitrogens with one attached hydrogen (secondary N) is 3. The van der Waals surface area contributed by atoms with Crippen molar-refractivity contribution in [3.8, 4) is 5.75 Å². The third-order valence-electron chi connectivity index (χ3n) is 6.72. The highest BCUT2D eigenvalue weighted by molar-refractivity contribution is 8.00. The highest BCUT2D eigenvalue weighted by Crippen LogP contribution is 2.29. The van der Waals surface area contributed by atoms with E-state index >= 15 is 0 Å². The van der Waals surface area contributed by atoms with Gasteiger partial charge in [0.15, 0.2) is 0 Å². The minimum atomic E-state index is -0.481. The number of benzene rings is 4. The van der Waals surface area contributed by atoms with E-state index in [2.05, 4.69) is 16.0 Å². The van der Waals surface area contributed by atoms with Crippen LogP contribution in [0, 0.1) is 13.8 Å². The van der Waals surface area contributed by atoms with Crippen molar-refractivity contribution in [1.82, 2.24) is 5.32 Å². The van der Waals surface area contributed by atoms with E-state index in [1.165, 1.54) is 11.8 Å². The Kier molecular flexibility index (Phi) is 11.4. The second-order valence-electron chi connectivity index (χ2n) is 10.2. The lowest BCUT2D eigenvalue weighted by atomic mass is 10.1. The summed E-state index contributed by atoms with van der Waals surface area (Å²) in [6, 6.07) is 29.3. The van der Waals surface area contributed by atoms with Gasteiger partial charge >= 0.3 is 0 Å². The molecule has 3 amide bonds. The maximum absolute atomic E-state index is 13.5. The summed E-state index contributed by atoms with van der Waals surface area (Å²) >= 11 is 1.43. The zero-order valence-electron chi connectivity index (χ0n) is 25.3. The molecule has 0 aliphatic rings. The topological polar surface area (TPSA) is 96.5 Å². The van der Waals surface area contributed by atoms with Crippen LogP contribution in [-0.2, 0) is 9.59 Å². The summed E-state index contributed by atoms with van der Waals surface area (Å²) < 4.78 is 5.52. The van der Waals surface area contributed by atoms with Crippen molar-refractivity contribution < 1.29 is 19.1 Å². The molecule has 44 heavy (non-hydrogen) atoms. The number of rotatable bonds is 12. The minimum Gasteiger partial charge on any atom is -0.494 e. The fraction of sp³-hybridized carbons (Fsp3) is 0.194. The first kappa shape index (κ1) is 32.1. The SMILES string of the molecule is CCOc1ccc(/C=C(/NC(=O)c2ccccc2)C(=O)Nc2cccc(SC(CC)C(=O)Nc3cc(C)ccc3C)c2)cc1. The van der Waals surface area contributed by atoms with Crippen molar-refractivity contribution in [2.45, 2.75) is 44.3 Å². The summed E-state index contributed by atoms with van der Waals surface area (Å²) in [5.41, 5.74) is 4.65. The van der Waals surface area contributed by atoms with Crippen LogP contribution in [0.4, 0.5) is 11.4 Å². The van der Waals surface area contributed by atoms with Crippen molar-refractivity contribution in [1.29, 1.82) is 0 Å². The van der Waals surface area contributed by atoms with E-state index in [1.807, 2.05) is 94.4 Å². The molecule has 7 nitrogen and oxygen atoms in total. The maximum atomic E-state index is 13.5. The number of ether oxygens (including phenoxy) is 1. The first-order valence-electron chi connectivity index (χ1n) is 14.5. The molecule has 0 aromatic heterocycles. The van der Waals surface area contributed by atoms with Crippen LogP contribution >= 0.6 is 11.8 Å². The van der Waals surface area contributed by atoms with Gasteiger partial charge < -0.3 is 20.7 Å². The summed E-state index contributed by atoms with van der Waals surface area (Å²) in [5, 5.41) is 8.40. The molecule has 0 fully saturated rings. The van der Waals surface area contributed by atoms with Crippen LogP contribution < -0.4 is 20.7 Å². The fourth-order valence-electron chi connectivity index (χ4n) is 4.35. The zero-order chi connectivity index (χ0) is 31.5. The smallest absolute Gasteiger partial charge is 0.272 e. The van der Waals surface area contributed by atoms with E-state index in [1.54, 1.807) is 36.4 Å². The average molecular weight is 608 g/mol. The number of aryl methyl sites for hydroxylation is 2. The average Bonchev–Trinajstić information content (AvgIpc) is 3.02. The monoisotopic (exact) mass is 607 g/mol. The fourth-order valence-corrected chi connectivity index (χ4v) is 5.37. The van der Waals surface area contributed by atoms with Gasteiger partial charge in [-0.1, -0.05) is 55.5 Å². The van der Waals surface area contributed by atoms with Crippen LogP contribution in [0.2, 0.25) is 0 Å². The van der Waals surface area contributed by atoms with Gasteiger partial charge in [0.05, 0.1) is 11.9 Å². The molecule has 4 aromatic carbocycles. The molecule has 1 unspecified atom stereocenters. The molecular formula is C36H37N3O4S. The molecule has 4 rings (SSSR count). The molecule has 0 bridgehead atoms. The highest BCUT2D eigenvalue weighted by atomic mass is 32.2.